The van der Waals surface area contributed by atoms with Crippen molar-refractivity contribution in [2.24, 2.45) is 0 Å². The molecule has 8 heteroatoms. The van der Waals surface area contributed by atoms with E-state index in [1.165, 1.54) is 27.5 Å². The maximum Gasteiger partial charge on any atom is 0.259 e. The van der Waals surface area contributed by atoms with Crippen LogP contribution in [0, 0.1) is 0 Å². The lowest BCUT2D eigenvalue weighted by Gasteiger charge is -2.28. The second kappa shape index (κ2) is 10.4. The van der Waals surface area contributed by atoms with Gasteiger partial charge in [0.1, 0.15) is 5.56 Å². The van der Waals surface area contributed by atoms with Crippen molar-refractivity contribution >= 4 is 26.8 Å². The number of allylic oxidation sites excluding steroid dienone is 1. The summed E-state index contributed by atoms with van der Waals surface area (Å²) in [7, 11) is -2.21. The van der Waals surface area contributed by atoms with Crippen LogP contribution in [0.15, 0.2) is 101 Å². The average molecular weight is 528 g/mol. The van der Waals surface area contributed by atoms with Gasteiger partial charge in [0.2, 0.25) is 15.5 Å². The third-order valence-electron chi connectivity index (χ3n) is 6.95. The van der Waals surface area contributed by atoms with Gasteiger partial charge in [-0.25, -0.2) is 8.42 Å². The second-order valence-corrected chi connectivity index (χ2v) is 11.4. The Balaban J connectivity index is 1.54. The number of hydrogen-bond donors (Lipinski definition) is 0. The maximum absolute atomic E-state index is 13.6. The molecule has 0 aliphatic carbocycles. The number of sulfonamides is 1. The van der Waals surface area contributed by atoms with Crippen molar-refractivity contribution < 1.29 is 13.2 Å². The van der Waals surface area contributed by atoms with Crippen LogP contribution in [0.4, 0.5) is 0 Å². The quantitative estimate of drug-likeness (QED) is 0.338. The smallest absolute Gasteiger partial charge is 0.259 e. The van der Waals surface area contributed by atoms with E-state index in [0.717, 1.165) is 16.7 Å². The second-order valence-electron chi connectivity index (χ2n) is 9.50. The summed E-state index contributed by atoms with van der Waals surface area (Å²) in [4.78, 5) is 28.5. The van der Waals surface area contributed by atoms with Crippen molar-refractivity contribution in [1.29, 1.82) is 0 Å². The van der Waals surface area contributed by atoms with E-state index in [1.807, 2.05) is 54.6 Å². The summed E-state index contributed by atoms with van der Waals surface area (Å²) in [5.41, 5.74) is 3.09. The summed E-state index contributed by atoms with van der Waals surface area (Å²) < 4.78 is 30.4. The van der Waals surface area contributed by atoms with Gasteiger partial charge in [0.15, 0.2) is 0 Å². The highest BCUT2D eigenvalue weighted by Gasteiger charge is 2.29. The molecular weight excluding hydrogens is 498 g/mol. The van der Waals surface area contributed by atoms with Crippen molar-refractivity contribution in [3.05, 3.63) is 124 Å². The molecular formula is C30H29N3O4S. The summed E-state index contributed by atoms with van der Waals surface area (Å²) in [6.45, 7) is 5.12. The first-order chi connectivity index (χ1) is 18.3. The molecule has 194 valence electrons. The lowest BCUT2D eigenvalue weighted by Crippen LogP contribution is -2.36. The molecule has 0 N–H and O–H groups in total. The Kier molecular flexibility index (Phi) is 7.01. The summed E-state index contributed by atoms with van der Waals surface area (Å²) >= 11 is 0. The van der Waals surface area contributed by atoms with E-state index in [0.29, 0.717) is 31.6 Å². The lowest BCUT2D eigenvalue weighted by atomic mass is 10.0. The van der Waals surface area contributed by atoms with Gasteiger partial charge in [-0.3, -0.25) is 9.59 Å². The van der Waals surface area contributed by atoms with Crippen molar-refractivity contribution in [3.63, 3.8) is 0 Å². The number of aromatic nitrogens is 1. The molecule has 5 rings (SSSR count). The summed E-state index contributed by atoms with van der Waals surface area (Å²) in [6, 6.07) is 21.9. The Morgan fingerprint density at radius 1 is 1.03 bits per heavy atom. The number of fused-ring (bicyclic) bond motifs is 2. The van der Waals surface area contributed by atoms with Crippen LogP contribution in [0.1, 0.15) is 27.0 Å². The van der Waals surface area contributed by atoms with Crippen LogP contribution in [0.5, 0.6) is 0 Å². The molecule has 0 fully saturated rings. The summed E-state index contributed by atoms with van der Waals surface area (Å²) in [5.74, 6) is -0.431. The first-order valence-electron chi connectivity index (χ1n) is 12.4. The largest absolute Gasteiger partial charge is 0.343 e. The van der Waals surface area contributed by atoms with Gasteiger partial charge in [-0.05, 0) is 41.3 Å². The molecule has 4 aromatic rings. The third kappa shape index (κ3) is 4.80. The van der Waals surface area contributed by atoms with Gasteiger partial charge in [-0.2, -0.15) is 4.31 Å². The van der Waals surface area contributed by atoms with E-state index < -0.39 is 21.4 Å². The van der Waals surface area contributed by atoms with Gasteiger partial charge >= 0.3 is 0 Å². The number of hydrogen-bond acceptors (Lipinski definition) is 4. The van der Waals surface area contributed by atoms with Gasteiger partial charge in [0, 0.05) is 44.8 Å². The van der Waals surface area contributed by atoms with Crippen LogP contribution >= 0.6 is 0 Å². The van der Waals surface area contributed by atoms with E-state index >= 15 is 0 Å². The van der Waals surface area contributed by atoms with Crippen molar-refractivity contribution in [2.45, 2.75) is 31.0 Å². The molecule has 0 saturated carbocycles. The highest BCUT2D eigenvalue weighted by atomic mass is 32.2. The number of carbonyl (C=O) groups excluding carboxylic acids is 1. The van der Waals surface area contributed by atoms with Gasteiger partial charge in [0.25, 0.3) is 5.91 Å². The van der Waals surface area contributed by atoms with E-state index in [-0.39, 0.29) is 22.4 Å². The molecule has 38 heavy (non-hydrogen) atoms. The van der Waals surface area contributed by atoms with Crippen LogP contribution in [0.25, 0.3) is 10.9 Å². The number of benzene rings is 3. The topological polar surface area (TPSA) is 79.7 Å². The zero-order valence-corrected chi connectivity index (χ0v) is 22.0. The summed E-state index contributed by atoms with van der Waals surface area (Å²) in [6.07, 6.45) is 3.83. The minimum absolute atomic E-state index is 0.0146. The molecule has 0 saturated heterocycles. The highest BCUT2D eigenvalue weighted by molar-refractivity contribution is 7.89. The van der Waals surface area contributed by atoms with Gasteiger partial charge in [-0.15, -0.1) is 6.58 Å². The fourth-order valence-electron chi connectivity index (χ4n) is 4.94. The predicted molar refractivity (Wildman–Crippen MR) is 148 cm³/mol. The standard InChI is InChI=1S/C30H29N3O4S/c1-3-16-32-21-27(30(35)31(2)19-22-9-5-4-6-10-22)29(34)26-18-25(13-14-28(26)32)38(36,37)33-17-15-23-11-7-8-12-24(23)20-33/h3-14,18,21H,1,15-17,19-20H2,2H3. The molecule has 7 nitrogen and oxygen atoms in total. The molecule has 3 aromatic carbocycles. The Labute approximate surface area is 222 Å². The number of carbonyl (C=O) groups is 1. The Bertz CT molecular complexity index is 1690. The number of rotatable bonds is 7. The first-order valence-corrected chi connectivity index (χ1v) is 13.9. The molecule has 0 bridgehead atoms. The van der Waals surface area contributed by atoms with Crippen LogP contribution in [-0.4, -0.2) is 41.7 Å². The van der Waals surface area contributed by atoms with E-state index in [2.05, 4.69) is 6.58 Å². The zero-order chi connectivity index (χ0) is 26.9. The fraction of sp³-hybridized carbons (Fsp3) is 0.200. The van der Waals surface area contributed by atoms with Crippen LogP contribution in [-0.2, 0) is 36.1 Å². The molecule has 1 aliphatic rings. The molecule has 0 spiro atoms. The molecule has 2 heterocycles. The minimum Gasteiger partial charge on any atom is -0.343 e. The molecule has 0 unspecified atom stereocenters. The Hall–Kier alpha value is -4.01. The molecule has 1 amide bonds. The van der Waals surface area contributed by atoms with Crippen LogP contribution in [0.3, 0.4) is 0 Å². The van der Waals surface area contributed by atoms with Crippen LogP contribution in [0.2, 0.25) is 0 Å². The number of nitrogens with zero attached hydrogens (tertiary/aromatic N) is 3. The third-order valence-corrected chi connectivity index (χ3v) is 8.79. The number of pyridine rings is 1. The average Bonchev–Trinajstić information content (AvgIpc) is 2.94. The van der Waals surface area contributed by atoms with E-state index in [4.69, 9.17) is 0 Å². The van der Waals surface area contributed by atoms with Crippen molar-refractivity contribution in [3.8, 4) is 0 Å². The highest BCUT2D eigenvalue weighted by Crippen LogP contribution is 2.27. The van der Waals surface area contributed by atoms with Gasteiger partial charge < -0.3 is 9.47 Å². The van der Waals surface area contributed by atoms with Gasteiger partial charge in [0.05, 0.1) is 10.4 Å². The molecule has 0 atom stereocenters. The minimum atomic E-state index is -3.86. The molecule has 0 radical (unpaired) electrons. The lowest BCUT2D eigenvalue weighted by molar-refractivity contribution is 0.0783. The maximum atomic E-state index is 13.6. The first kappa shape index (κ1) is 25.6. The van der Waals surface area contributed by atoms with Crippen LogP contribution < -0.4 is 5.43 Å². The number of amides is 1. The monoisotopic (exact) mass is 527 g/mol. The van der Waals surface area contributed by atoms with Crippen molar-refractivity contribution in [1.82, 2.24) is 13.8 Å². The molecule has 1 aliphatic heterocycles. The Morgan fingerprint density at radius 2 is 1.74 bits per heavy atom. The normalized spacial score (nSPS) is 13.7. The molecule has 1 aromatic heterocycles. The predicted octanol–water partition coefficient (Wildman–Crippen LogP) is 4.21. The van der Waals surface area contributed by atoms with Crippen molar-refractivity contribution in [2.75, 3.05) is 13.6 Å². The Morgan fingerprint density at radius 3 is 2.47 bits per heavy atom. The van der Waals surface area contributed by atoms with E-state index in [9.17, 15) is 18.0 Å². The van der Waals surface area contributed by atoms with Gasteiger partial charge in [-0.1, -0.05) is 60.7 Å². The SMILES string of the molecule is C=CCn1cc(C(=O)N(C)Cc2ccccc2)c(=O)c2cc(S(=O)(=O)N3CCc4ccccc4C3)ccc21. The fourth-order valence-corrected chi connectivity index (χ4v) is 6.38. The summed E-state index contributed by atoms with van der Waals surface area (Å²) in [5, 5.41) is 0.185. The zero-order valence-electron chi connectivity index (χ0n) is 21.2. The van der Waals surface area contributed by atoms with E-state index in [1.54, 1.807) is 23.8 Å².